The van der Waals surface area contributed by atoms with E-state index in [0.717, 1.165) is 18.9 Å². The molecule has 0 N–H and O–H groups in total. The first-order chi connectivity index (χ1) is 10.0. The Morgan fingerprint density at radius 2 is 2.10 bits per heavy atom. The molecule has 2 saturated heterocycles. The van der Waals surface area contributed by atoms with E-state index < -0.39 is 16.5 Å². The van der Waals surface area contributed by atoms with E-state index in [1.54, 1.807) is 6.92 Å². The highest BCUT2D eigenvalue weighted by molar-refractivity contribution is 5.65. The molecule has 2 fully saturated rings. The maximum absolute atomic E-state index is 13.6. The van der Waals surface area contributed by atoms with E-state index in [1.165, 1.54) is 6.07 Å². The summed E-state index contributed by atoms with van der Waals surface area (Å²) in [5.74, 6) is -1.24. The molecule has 0 amide bonds. The van der Waals surface area contributed by atoms with Gasteiger partial charge < -0.3 is 14.4 Å². The van der Waals surface area contributed by atoms with Crippen molar-refractivity contribution in [1.29, 1.82) is 0 Å². The van der Waals surface area contributed by atoms with Gasteiger partial charge in [0.25, 0.3) is 5.69 Å². The fourth-order valence-electron chi connectivity index (χ4n) is 2.98. The van der Waals surface area contributed by atoms with Crippen LogP contribution in [0.1, 0.15) is 18.4 Å². The zero-order chi connectivity index (χ0) is 15.0. The lowest BCUT2D eigenvalue weighted by atomic mass is 10.0. The van der Waals surface area contributed by atoms with Crippen molar-refractivity contribution < 1.29 is 18.8 Å². The lowest BCUT2D eigenvalue weighted by Gasteiger charge is -2.39. The van der Waals surface area contributed by atoms with Crippen molar-refractivity contribution in [2.24, 2.45) is 0 Å². The van der Waals surface area contributed by atoms with Crippen molar-refractivity contribution >= 4 is 11.4 Å². The third kappa shape index (κ3) is 2.58. The Labute approximate surface area is 121 Å². The Kier molecular flexibility index (Phi) is 3.54. The SMILES string of the molecule is Cc1cc(N2CCCC3(C2)OCCO3)c([N+](=O)[O-])cc1F. The van der Waals surface area contributed by atoms with Gasteiger partial charge in [0.2, 0.25) is 0 Å². The number of nitro groups is 1. The molecular formula is C14H17FN2O4. The van der Waals surface area contributed by atoms with Crippen LogP contribution in [-0.2, 0) is 9.47 Å². The summed E-state index contributed by atoms with van der Waals surface area (Å²) < 4.78 is 25.0. The third-order valence-electron chi connectivity index (χ3n) is 4.02. The van der Waals surface area contributed by atoms with Gasteiger partial charge in [-0.3, -0.25) is 10.1 Å². The molecule has 2 aliphatic rings. The highest BCUT2D eigenvalue weighted by Crippen LogP contribution is 2.37. The number of piperidine rings is 1. The van der Waals surface area contributed by atoms with Crippen molar-refractivity contribution in [2.45, 2.75) is 25.6 Å². The predicted molar refractivity (Wildman–Crippen MR) is 73.9 cm³/mol. The van der Waals surface area contributed by atoms with Gasteiger partial charge in [-0.05, 0) is 25.0 Å². The molecular weight excluding hydrogens is 279 g/mol. The summed E-state index contributed by atoms with van der Waals surface area (Å²) in [6.45, 7) is 3.78. The minimum Gasteiger partial charge on any atom is -0.361 e. The zero-order valence-corrected chi connectivity index (χ0v) is 11.8. The zero-order valence-electron chi connectivity index (χ0n) is 11.8. The normalized spacial score (nSPS) is 21.0. The van der Waals surface area contributed by atoms with Gasteiger partial charge in [0.15, 0.2) is 5.79 Å². The van der Waals surface area contributed by atoms with Gasteiger partial charge in [-0.25, -0.2) is 4.39 Å². The highest BCUT2D eigenvalue weighted by atomic mass is 19.1. The number of anilines is 1. The second-order valence-electron chi connectivity index (χ2n) is 5.48. The van der Waals surface area contributed by atoms with Crippen molar-refractivity contribution in [2.75, 3.05) is 31.2 Å². The number of nitrogens with zero attached hydrogens (tertiary/aromatic N) is 2. The van der Waals surface area contributed by atoms with Crippen LogP contribution in [0.2, 0.25) is 0 Å². The first-order valence-corrected chi connectivity index (χ1v) is 6.98. The second kappa shape index (κ2) is 5.23. The lowest BCUT2D eigenvalue weighted by Crippen LogP contribution is -2.49. The molecule has 7 heteroatoms. The van der Waals surface area contributed by atoms with E-state index in [2.05, 4.69) is 0 Å². The van der Waals surface area contributed by atoms with E-state index in [9.17, 15) is 14.5 Å². The number of hydrogen-bond donors (Lipinski definition) is 0. The van der Waals surface area contributed by atoms with Gasteiger partial charge in [-0.15, -0.1) is 0 Å². The van der Waals surface area contributed by atoms with Gasteiger partial charge >= 0.3 is 0 Å². The molecule has 2 heterocycles. The molecule has 6 nitrogen and oxygen atoms in total. The molecule has 1 aromatic carbocycles. The molecule has 0 atom stereocenters. The van der Waals surface area contributed by atoms with Crippen LogP contribution in [-0.4, -0.2) is 37.0 Å². The van der Waals surface area contributed by atoms with Crippen molar-refractivity contribution in [3.63, 3.8) is 0 Å². The van der Waals surface area contributed by atoms with Crippen molar-refractivity contribution in [3.8, 4) is 0 Å². The maximum Gasteiger partial charge on any atom is 0.295 e. The monoisotopic (exact) mass is 296 g/mol. The Hall–Kier alpha value is -1.73. The van der Waals surface area contributed by atoms with Gasteiger partial charge in [0.1, 0.15) is 11.5 Å². The molecule has 1 spiro atoms. The second-order valence-corrected chi connectivity index (χ2v) is 5.48. The first kappa shape index (κ1) is 14.2. The van der Waals surface area contributed by atoms with Crippen LogP contribution >= 0.6 is 0 Å². The molecule has 0 aliphatic carbocycles. The van der Waals surface area contributed by atoms with Gasteiger partial charge in [-0.1, -0.05) is 0 Å². The largest absolute Gasteiger partial charge is 0.361 e. The van der Waals surface area contributed by atoms with Gasteiger partial charge in [-0.2, -0.15) is 0 Å². The molecule has 114 valence electrons. The van der Waals surface area contributed by atoms with E-state index in [0.29, 0.717) is 37.6 Å². The molecule has 0 aromatic heterocycles. The first-order valence-electron chi connectivity index (χ1n) is 6.98. The van der Waals surface area contributed by atoms with Crippen LogP contribution in [0.15, 0.2) is 12.1 Å². The number of nitro benzene ring substituents is 1. The summed E-state index contributed by atoms with van der Waals surface area (Å²) in [7, 11) is 0. The van der Waals surface area contributed by atoms with Crippen molar-refractivity contribution in [1.82, 2.24) is 0 Å². The van der Waals surface area contributed by atoms with E-state index in [1.807, 2.05) is 4.90 Å². The number of hydrogen-bond acceptors (Lipinski definition) is 5. The molecule has 1 aromatic rings. The molecule has 0 saturated carbocycles. The minimum absolute atomic E-state index is 0.215. The molecule has 21 heavy (non-hydrogen) atoms. The van der Waals surface area contributed by atoms with E-state index in [-0.39, 0.29) is 5.69 Å². The van der Waals surface area contributed by atoms with Crippen LogP contribution in [0, 0.1) is 22.9 Å². The molecule has 3 rings (SSSR count). The Bertz CT molecular complexity index is 572. The smallest absolute Gasteiger partial charge is 0.295 e. The predicted octanol–water partition coefficient (Wildman–Crippen LogP) is 2.39. The lowest BCUT2D eigenvalue weighted by molar-refractivity contribution is -0.384. The van der Waals surface area contributed by atoms with Crippen molar-refractivity contribution in [3.05, 3.63) is 33.6 Å². The number of benzene rings is 1. The summed E-state index contributed by atoms with van der Waals surface area (Å²) >= 11 is 0. The Balaban J connectivity index is 1.95. The van der Waals surface area contributed by atoms with Crippen LogP contribution in [0.3, 0.4) is 0 Å². The summed E-state index contributed by atoms with van der Waals surface area (Å²) in [4.78, 5) is 12.5. The summed E-state index contributed by atoms with van der Waals surface area (Å²) in [6, 6.07) is 2.52. The Morgan fingerprint density at radius 3 is 2.76 bits per heavy atom. The van der Waals surface area contributed by atoms with Crippen LogP contribution < -0.4 is 4.90 Å². The van der Waals surface area contributed by atoms with Gasteiger partial charge in [0, 0.05) is 13.0 Å². The van der Waals surface area contributed by atoms with E-state index in [4.69, 9.17) is 9.47 Å². The molecule has 0 radical (unpaired) electrons. The summed E-state index contributed by atoms with van der Waals surface area (Å²) in [5, 5.41) is 11.2. The maximum atomic E-state index is 13.6. The third-order valence-corrected chi connectivity index (χ3v) is 4.02. The van der Waals surface area contributed by atoms with E-state index >= 15 is 0 Å². The average Bonchev–Trinajstić information content (AvgIpc) is 2.89. The van der Waals surface area contributed by atoms with Gasteiger partial charge in [0.05, 0.1) is 30.7 Å². The Morgan fingerprint density at radius 1 is 1.38 bits per heavy atom. The van der Waals surface area contributed by atoms with Crippen LogP contribution in [0.5, 0.6) is 0 Å². The van der Waals surface area contributed by atoms with Crippen LogP contribution in [0.4, 0.5) is 15.8 Å². The number of ether oxygens (including phenoxy) is 2. The summed E-state index contributed by atoms with van der Waals surface area (Å²) in [5.41, 5.74) is 0.605. The molecule has 2 aliphatic heterocycles. The number of rotatable bonds is 2. The standard InChI is InChI=1S/C14H17FN2O4/c1-10-7-12(13(17(18)19)8-11(10)15)16-4-2-3-14(9-16)20-5-6-21-14/h7-8H,2-6,9H2,1H3. The highest BCUT2D eigenvalue weighted by Gasteiger charge is 2.42. The minimum atomic E-state index is -0.672. The summed E-state index contributed by atoms with van der Waals surface area (Å²) in [6.07, 6.45) is 1.59. The molecule has 0 bridgehead atoms. The number of aryl methyl sites for hydroxylation is 1. The van der Waals surface area contributed by atoms with Crippen LogP contribution in [0.25, 0.3) is 0 Å². The fourth-order valence-corrected chi connectivity index (χ4v) is 2.98. The topological polar surface area (TPSA) is 64.8 Å². The number of halogens is 1. The fraction of sp³-hybridized carbons (Fsp3) is 0.571. The quantitative estimate of drug-likeness (QED) is 0.619. The molecule has 0 unspecified atom stereocenters. The average molecular weight is 296 g/mol.